The van der Waals surface area contributed by atoms with Crippen LogP contribution in [-0.2, 0) is 9.53 Å². The Hall–Kier alpha value is -1.30. The lowest BCUT2D eigenvalue weighted by molar-refractivity contribution is -0.143. The summed E-state index contributed by atoms with van der Waals surface area (Å²) in [7, 11) is 0. The van der Waals surface area contributed by atoms with Crippen LogP contribution < -0.4 is 0 Å². The van der Waals surface area contributed by atoms with Crippen molar-refractivity contribution in [2.45, 2.75) is 32.2 Å². The molecule has 0 aliphatic carbocycles. The number of hydrogen-bond acceptors (Lipinski definition) is 3. The molecule has 2 fully saturated rings. The van der Waals surface area contributed by atoms with E-state index in [0.29, 0.717) is 39.3 Å². The number of amides is 2. The van der Waals surface area contributed by atoms with E-state index in [1.807, 2.05) is 11.8 Å². The van der Waals surface area contributed by atoms with E-state index in [1.54, 1.807) is 4.90 Å². The average Bonchev–Trinajstić information content (AvgIpc) is 2.46. The van der Waals surface area contributed by atoms with Gasteiger partial charge in [0.15, 0.2) is 0 Å². The number of nitrogens with zero attached hydrogens (tertiary/aromatic N) is 2. The zero-order valence-electron chi connectivity index (χ0n) is 11.4. The molecule has 2 aliphatic rings. The Morgan fingerprint density at radius 2 is 2.16 bits per heavy atom. The minimum Gasteiger partial charge on any atom is -0.481 e. The molecule has 0 spiro atoms. The van der Waals surface area contributed by atoms with Crippen molar-refractivity contribution in [1.82, 2.24) is 9.80 Å². The Bertz CT molecular complexity index is 348. The number of carboxylic acids is 1. The number of hydrogen-bond donors (Lipinski definition) is 1. The number of carboxylic acid groups (broad SMARTS) is 1. The summed E-state index contributed by atoms with van der Waals surface area (Å²) in [5.74, 6) is -1.22. The first-order valence-electron chi connectivity index (χ1n) is 6.99. The molecule has 2 heterocycles. The van der Waals surface area contributed by atoms with Gasteiger partial charge in [0.1, 0.15) is 0 Å². The fourth-order valence-electron chi connectivity index (χ4n) is 2.78. The van der Waals surface area contributed by atoms with Gasteiger partial charge in [0.05, 0.1) is 25.2 Å². The summed E-state index contributed by atoms with van der Waals surface area (Å²) < 4.78 is 5.39. The van der Waals surface area contributed by atoms with Crippen LogP contribution in [-0.4, -0.2) is 65.8 Å². The zero-order valence-corrected chi connectivity index (χ0v) is 11.4. The Morgan fingerprint density at radius 3 is 2.84 bits per heavy atom. The first kappa shape index (κ1) is 14.1. The predicted octanol–water partition coefficient (Wildman–Crippen LogP) is 1.01. The van der Waals surface area contributed by atoms with Crippen LogP contribution in [0.25, 0.3) is 0 Å². The maximum Gasteiger partial charge on any atom is 0.320 e. The molecule has 2 unspecified atom stereocenters. The molecule has 2 aliphatic heterocycles. The van der Waals surface area contributed by atoms with Crippen molar-refractivity contribution in [1.29, 1.82) is 0 Å². The van der Waals surface area contributed by atoms with Gasteiger partial charge < -0.3 is 19.6 Å². The summed E-state index contributed by atoms with van der Waals surface area (Å²) in [4.78, 5) is 27.1. The highest BCUT2D eigenvalue weighted by Gasteiger charge is 2.33. The van der Waals surface area contributed by atoms with Crippen molar-refractivity contribution in [3.05, 3.63) is 0 Å². The first-order valence-corrected chi connectivity index (χ1v) is 6.99. The number of carbonyl (C=O) groups excluding carboxylic acids is 1. The minimum atomic E-state index is -0.800. The van der Waals surface area contributed by atoms with E-state index < -0.39 is 11.9 Å². The number of morpholine rings is 1. The highest BCUT2D eigenvalue weighted by molar-refractivity contribution is 5.77. The topological polar surface area (TPSA) is 70.1 Å². The average molecular weight is 270 g/mol. The van der Waals surface area contributed by atoms with E-state index in [0.717, 1.165) is 12.8 Å². The van der Waals surface area contributed by atoms with Gasteiger partial charge >= 0.3 is 12.0 Å². The Balaban J connectivity index is 1.99. The monoisotopic (exact) mass is 270 g/mol. The lowest BCUT2D eigenvalue weighted by atomic mass is 9.98. The van der Waals surface area contributed by atoms with Gasteiger partial charge in [-0.05, 0) is 19.3 Å². The third-order valence-electron chi connectivity index (χ3n) is 3.99. The van der Waals surface area contributed by atoms with Gasteiger partial charge in [0.25, 0.3) is 0 Å². The number of rotatable bonds is 2. The molecule has 0 aromatic carbocycles. The Morgan fingerprint density at radius 1 is 1.37 bits per heavy atom. The van der Waals surface area contributed by atoms with E-state index in [-0.39, 0.29) is 12.1 Å². The SMILES string of the molecule is CCC1COCCN1C(=O)N1CCCC(C(=O)O)C1. The van der Waals surface area contributed by atoms with Gasteiger partial charge in [-0.25, -0.2) is 4.79 Å². The smallest absolute Gasteiger partial charge is 0.320 e. The molecule has 2 atom stereocenters. The van der Waals surface area contributed by atoms with Crippen LogP contribution in [0.4, 0.5) is 4.79 Å². The predicted molar refractivity (Wildman–Crippen MR) is 68.9 cm³/mol. The Labute approximate surface area is 113 Å². The van der Waals surface area contributed by atoms with Crippen LogP contribution in [0.2, 0.25) is 0 Å². The molecule has 6 nitrogen and oxygen atoms in total. The summed E-state index contributed by atoms with van der Waals surface area (Å²) in [5, 5.41) is 9.07. The van der Waals surface area contributed by atoms with E-state index in [9.17, 15) is 9.59 Å². The van der Waals surface area contributed by atoms with E-state index in [4.69, 9.17) is 9.84 Å². The lowest BCUT2D eigenvalue weighted by Gasteiger charge is -2.40. The second-order valence-electron chi connectivity index (χ2n) is 5.24. The van der Waals surface area contributed by atoms with Crippen molar-refractivity contribution in [2.24, 2.45) is 5.92 Å². The molecule has 0 bridgehead atoms. The zero-order chi connectivity index (χ0) is 13.8. The number of carbonyl (C=O) groups is 2. The number of likely N-dealkylation sites (tertiary alicyclic amines) is 1. The van der Waals surface area contributed by atoms with Gasteiger partial charge in [0, 0.05) is 19.6 Å². The molecular weight excluding hydrogens is 248 g/mol. The van der Waals surface area contributed by atoms with E-state index in [1.165, 1.54) is 0 Å². The van der Waals surface area contributed by atoms with Gasteiger partial charge in [0.2, 0.25) is 0 Å². The molecule has 2 saturated heterocycles. The maximum atomic E-state index is 12.5. The second-order valence-corrected chi connectivity index (χ2v) is 5.24. The molecule has 0 saturated carbocycles. The van der Waals surface area contributed by atoms with Gasteiger partial charge in [-0.2, -0.15) is 0 Å². The number of piperidine rings is 1. The molecular formula is C13H22N2O4. The summed E-state index contributed by atoms with van der Waals surface area (Å²) in [6.45, 7) is 4.79. The molecule has 0 aromatic rings. The van der Waals surface area contributed by atoms with Crippen LogP contribution in [0, 0.1) is 5.92 Å². The molecule has 6 heteroatoms. The summed E-state index contributed by atoms with van der Waals surface area (Å²) >= 11 is 0. The molecule has 2 amide bonds. The first-order chi connectivity index (χ1) is 9.13. The standard InChI is InChI=1S/C13H22N2O4/c1-2-11-9-19-7-6-15(11)13(18)14-5-3-4-10(8-14)12(16)17/h10-11H,2-9H2,1H3,(H,16,17). The molecule has 1 N–H and O–H groups in total. The highest BCUT2D eigenvalue weighted by atomic mass is 16.5. The van der Waals surface area contributed by atoms with Crippen molar-refractivity contribution in [3.8, 4) is 0 Å². The molecule has 19 heavy (non-hydrogen) atoms. The van der Waals surface area contributed by atoms with Gasteiger partial charge in [-0.1, -0.05) is 6.92 Å². The van der Waals surface area contributed by atoms with Crippen molar-refractivity contribution >= 4 is 12.0 Å². The third-order valence-corrected chi connectivity index (χ3v) is 3.99. The minimum absolute atomic E-state index is 0.0268. The quantitative estimate of drug-likeness (QED) is 0.813. The van der Waals surface area contributed by atoms with Crippen molar-refractivity contribution in [3.63, 3.8) is 0 Å². The molecule has 2 rings (SSSR count). The molecule has 0 aromatic heterocycles. The van der Waals surface area contributed by atoms with E-state index >= 15 is 0 Å². The van der Waals surface area contributed by atoms with Gasteiger partial charge in [-0.3, -0.25) is 4.79 Å². The highest BCUT2D eigenvalue weighted by Crippen LogP contribution is 2.20. The second kappa shape index (κ2) is 6.23. The summed E-state index contributed by atoms with van der Waals surface area (Å²) in [6.07, 6.45) is 2.30. The molecule has 108 valence electrons. The lowest BCUT2D eigenvalue weighted by Crippen LogP contribution is -2.55. The van der Waals surface area contributed by atoms with Crippen LogP contribution in [0.5, 0.6) is 0 Å². The van der Waals surface area contributed by atoms with Crippen molar-refractivity contribution < 1.29 is 19.4 Å². The Kier molecular flexibility index (Phi) is 4.63. The van der Waals surface area contributed by atoms with Crippen LogP contribution >= 0.6 is 0 Å². The maximum absolute atomic E-state index is 12.5. The number of ether oxygens (including phenoxy) is 1. The fourth-order valence-corrected chi connectivity index (χ4v) is 2.78. The normalized spacial score (nSPS) is 28.3. The summed E-state index contributed by atoms with van der Waals surface area (Å²) in [5.41, 5.74) is 0. The third kappa shape index (κ3) is 3.18. The fraction of sp³-hybridized carbons (Fsp3) is 0.846. The van der Waals surface area contributed by atoms with Crippen LogP contribution in [0.3, 0.4) is 0 Å². The molecule has 0 radical (unpaired) electrons. The van der Waals surface area contributed by atoms with Crippen molar-refractivity contribution in [2.75, 3.05) is 32.8 Å². The largest absolute Gasteiger partial charge is 0.481 e. The number of urea groups is 1. The van der Waals surface area contributed by atoms with E-state index in [2.05, 4.69) is 0 Å². The van der Waals surface area contributed by atoms with Crippen LogP contribution in [0.1, 0.15) is 26.2 Å². The van der Waals surface area contributed by atoms with Crippen LogP contribution in [0.15, 0.2) is 0 Å². The number of aliphatic carboxylic acids is 1. The summed E-state index contributed by atoms with van der Waals surface area (Å²) in [6, 6.07) is 0.0903. The van der Waals surface area contributed by atoms with Gasteiger partial charge in [-0.15, -0.1) is 0 Å².